The first-order chi connectivity index (χ1) is 15.2. The van der Waals surface area contributed by atoms with Crippen LogP contribution >= 0.6 is 0 Å². The van der Waals surface area contributed by atoms with Crippen molar-refractivity contribution < 1.29 is 23.1 Å². The standard InChI is InChI=1S/C23H21F3N4O2/c1-28-13-19-18-11-14(22(32)29-10-2-3-17(31)12-29)4-9-20(18)30(21(19)27-28)16-7-5-15(6-8-16)23(24,25)26/h4-9,11,13,17,31H,2-3,10,12H2,1H3. The molecular weight excluding hydrogens is 421 g/mol. The molecule has 5 rings (SSSR count). The Morgan fingerprint density at radius 2 is 1.88 bits per heavy atom. The number of aliphatic hydroxyl groups excluding tert-OH is 1. The van der Waals surface area contributed by atoms with Crippen LogP contribution < -0.4 is 0 Å². The van der Waals surface area contributed by atoms with Crippen LogP contribution in [0.5, 0.6) is 0 Å². The van der Waals surface area contributed by atoms with E-state index in [0.29, 0.717) is 36.4 Å². The molecule has 1 fully saturated rings. The van der Waals surface area contributed by atoms with Gasteiger partial charge in [0, 0.05) is 48.4 Å². The molecule has 6 nitrogen and oxygen atoms in total. The number of aliphatic hydroxyl groups is 1. The number of piperidine rings is 1. The molecule has 1 atom stereocenters. The van der Waals surface area contributed by atoms with Crippen LogP contribution in [0.3, 0.4) is 0 Å². The summed E-state index contributed by atoms with van der Waals surface area (Å²) in [5.41, 5.74) is 1.68. The fourth-order valence-corrected chi connectivity index (χ4v) is 4.41. The Hall–Kier alpha value is -3.33. The van der Waals surface area contributed by atoms with Crippen LogP contribution in [0.4, 0.5) is 13.2 Å². The van der Waals surface area contributed by atoms with Gasteiger partial charge in [-0.15, -0.1) is 0 Å². The molecule has 1 amide bonds. The van der Waals surface area contributed by atoms with Crippen LogP contribution in [-0.4, -0.2) is 49.5 Å². The Morgan fingerprint density at radius 3 is 2.56 bits per heavy atom. The first-order valence-corrected chi connectivity index (χ1v) is 10.3. The van der Waals surface area contributed by atoms with Gasteiger partial charge in [0.15, 0.2) is 5.65 Å². The van der Waals surface area contributed by atoms with Crippen LogP contribution in [0.1, 0.15) is 28.8 Å². The zero-order valence-electron chi connectivity index (χ0n) is 17.3. The molecule has 2 aromatic heterocycles. The molecule has 3 heterocycles. The average Bonchev–Trinajstić information content (AvgIpc) is 3.27. The van der Waals surface area contributed by atoms with E-state index in [1.807, 2.05) is 6.20 Å². The number of hydrogen-bond donors (Lipinski definition) is 1. The maximum absolute atomic E-state index is 13.0. The van der Waals surface area contributed by atoms with Gasteiger partial charge in [-0.25, -0.2) is 0 Å². The third-order valence-electron chi connectivity index (χ3n) is 5.93. The summed E-state index contributed by atoms with van der Waals surface area (Å²) < 4.78 is 42.4. The number of fused-ring (bicyclic) bond motifs is 3. The Morgan fingerprint density at radius 1 is 1.12 bits per heavy atom. The second kappa shape index (κ2) is 7.37. The number of amides is 1. The minimum Gasteiger partial charge on any atom is -0.391 e. The molecule has 0 saturated carbocycles. The van der Waals surface area contributed by atoms with E-state index in [1.165, 1.54) is 12.1 Å². The number of benzene rings is 2. The van der Waals surface area contributed by atoms with E-state index in [4.69, 9.17) is 0 Å². The van der Waals surface area contributed by atoms with E-state index in [1.54, 1.807) is 39.4 Å². The fourth-order valence-electron chi connectivity index (χ4n) is 4.41. The number of carbonyl (C=O) groups is 1. The van der Waals surface area contributed by atoms with Crippen molar-refractivity contribution in [1.29, 1.82) is 0 Å². The first-order valence-electron chi connectivity index (χ1n) is 10.3. The van der Waals surface area contributed by atoms with Crippen LogP contribution in [-0.2, 0) is 13.2 Å². The highest BCUT2D eigenvalue weighted by atomic mass is 19.4. The number of nitrogens with zero attached hydrogens (tertiary/aromatic N) is 4. The van der Waals surface area contributed by atoms with E-state index < -0.39 is 17.8 Å². The van der Waals surface area contributed by atoms with Crippen molar-refractivity contribution in [2.24, 2.45) is 7.05 Å². The summed E-state index contributed by atoms with van der Waals surface area (Å²) in [7, 11) is 1.77. The average molecular weight is 442 g/mol. The molecule has 1 aliphatic rings. The molecule has 1 unspecified atom stereocenters. The smallest absolute Gasteiger partial charge is 0.391 e. The Bertz CT molecular complexity index is 1320. The molecular formula is C23H21F3N4O2. The monoisotopic (exact) mass is 442 g/mol. The number of halogens is 3. The topological polar surface area (TPSA) is 63.3 Å². The van der Waals surface area contributed by atoms with Gasteiger partial charge >= 0.3 is 6.18 Å². The van der Waals surface area contributed by atoms with Gasteiger partial charge in [0.1, 0.15) is 0 Å². The molecule has 0 aliphatic carbocycles. The predicted octanol–water partition coefficient (Wildman–Crippen LogP) is 4.13. The van der Waals surface area contributed by atoms with Gasteiger partial charge in [0.05, 0.1) is 17.2 Å². The lowest BCUT2D eigenvalue weighted by atomic mass is 10.1. The van der Waals surface area contributed by atoms with Crippen LogP contribution in [0.2, 0.25) is 0 Å². The number of rotatable bonds is 2. The molecule has 0 spiro atoms. The van der Waals surface area contributed by atoms with Crippen molar-refractivity contribution in [2.45, 2.75) is 25.1 Å². The number of likely N-dealkylation sites (tertiary alicyclic amines) is 1. The number of alkyl halides is 3. The van der Waals surface area contributed by atoms with Crippen molar-refractivity contribution in [3.8, 4) is 5.69 Å². The number of hydrogen-bond acceptors (Lipinski definition) is 3. The van der Waals surface area contributed by atoms with Crippen molar-refractivity contribution in [2.75, 3.05) is 13.1 Å². The number of carbonyl (C=O) groups excluding carboxylic acids is 1. The summed E-state index contributed by atoms with van der Waals surface area (Å²) in [6.45, 7) is 0.911. The molecule has 32 heavy (non-hydrogen) atoms. The van der Waals surface area contributed by atoms with Gasteiger partial charge < -0.3 is 10.0 Å². The fraction of sp³-hybridized carbons (Fsp3) is 0.304. The van der Waals surface area contributed by atoms with E-state index in [9.17, 15) is 23.1 Å². The summed E-state index contributed by atoms with van der Waals surface area (Å²) >= 11 is 0. The largest absolute Gasteiger partial charge is 0.416 e. The molecule has 0 radical (unpaired) electrons. The van der Waals surface area contributed by atoms with Gasteiger partial charge in [-0.05, 0) is 55.3 Å². The van der Waals surface area contributed by atoms with Crippen molar-refractivity contribution in [3.05, 3.63) is 59.8 Å². The predicted molar refractivity (Wildman–Crippen MR) is 114 cm³/mol. The highest BCUT2D eigenvalue weighted by Crippen LogP contribution is 2.34. The molecule has 4 aromatic rings. The normalized spacial score (nSPS) is 17.4. The number of aromatic nitrogens is 3. The minimum absolute atomic E-state index is 0.148. The SMILES string of the molecule is Cn1cc2c3cc(C(=O)N4CCCC(O)C4)ccc3n(-c3ccc(C(F)(F)F)cc3)c2n1. The second-order valence-electron chi connectivity index (χ2n) is 8.20. The zero-order valence-corrected chi connectivity index (χ0v) is 17.3. The minimum atomic E-state index is -4.41. The molecule has 166 valence electrons. The van der Waals surface area contributed by atoms with Gasteiger partial charge in [0.25, 0.3) is 5.91 Å². The lowest BCUT2D eigenvalue weighted by Crippen LogP contribution is -2.42. The zero-order chi connectivity index (χ0) is 22.6. The third-order valence-corrected chi connectivity index (χ3v) is 5.93. The van der Waals surface area contributed by atoms with Crippen molar-refractivity contribution >= 4 is 27.8 Å². The van der Waals surface area contributed by atoms with Crippen molar-refractivity contribution in [1.82, 2.24) is 19.2 Å². The van der Waals surface area contributed by atoms with Gasteiger partial charge in [-0.2, -0.15) is 18.3 Å². The van der Waals surface area contributed by atoms with E-state index in [-0.39, 0.29) is 5.91 Å². The highest BCUT2D eigenvalue weighted by molar-refractivity contribution is 6.10. The first kappa shape index (κ1) is 20.6. The summed E-state index contributed by atoms with van der Waals surface area (Å²) in [5, 5.41) is 16.0. The number of aryl methyl sites for hydroxylation is 1. The number of β-amino-alcohol motifs (C(OH)–C–C–N with tert-alkyl or cyclic N) is 1. The molecule has 2 aromatic carbocycles. The van der Waals surface area contributed by atoms with E-state index >= 15 is 0 Å². The molecule has 1 aliphatic heterocycles. The summed E-state index contributed by atoms with van der Waals surface area (Å²) in [5.74, 6) is -0.148. The van der Waals surface area contributed by atoms with Gasteiger partial charge in [0.2, 0.25) is 0 Å². The molecule has 0 bridgehead atoms. The molecule has 1 saturated heterocycles. The lowest BCUT2D eigenvalue weighted by Gasteiger charge is -2.30. The van der Waals surface area contributed by atoms with Crippen LogP contribution in [0.15, 0.2) is 48.7 Å². The molecule has 1 N–H and O–H groups in total. The summed E-state index contributed by atoms with van der Waals surface area (Å²) in [6.07, 6.45) is -1.64. The van der Waals surface area contributed by atoms with Gasteiger partial charge in [-0.3, -0.25) is 14.0 Å². The Kier molecular flexibility index (Phi) is 4.74. The van der Waals surface area contributed by atoms with Crippen LogP contribution in [0.25, 0.3) is 27.6 Å². The third kappa shape index (κ3) is 3.42. The summed E-state index contributed by atoms with van der Waals surface area (Å²) in [4.78, 5) is 14.7. The second-order valence-corrected chi connectivity index (χ2v) is 8.20. The maximum atomic E-state index is 13.0. The van der Waals surface area contributed by atoms with Crippen LogP contribution in [0, 0.1) is 0 Å². The highest BCUT2D eigenvalue weighted by Gasteiger charge is 2.30. The Labute approximate surface area is 181 Å². The Balaban J connectivity index is 1.62. The van der Waals surface area contributed by atoms with Gasteiger partial charge in [-0.1, -0.05) is 0 Å². The van der Waals surface area contributed by atoms with Crippen molar-refractivity contribution in [3.63, 3.8) is 0 Å². The van der Waals surface area contributed by atoms with E-state index in [2.05, 4.69) is 5.10 Å². The van der Waals surface area contributed by atoms with E-state index in [0.717, 1.165) is 34.8 Å². The quantitative estimate of drug-likeness (QED) is 0.508. The molecule has 9 heteroatoms. The maximum Gasteiger partial charge on any atom is 0.416 e. The summed E-state index contributed by atoms with van der Waals surface area (Å²) in [6, 6.07) is 10.2. The lowest BCUT2D eigenvalue weighted by molar-refractivity contribution is -0.137.